The van der Waals surface area contributed by atoms with Crippen LogP contribution in [0.4, 0.5) is 13.2 Å². The maximum atomic E-state index is 12.2. The van der Waals surface area contributed by atoms with Crippen molar-refractivity contribution >= 4 is 5.97 Å². The molecule has 0 spiro atoms. The monoisotopic (exact) mass is 296 g/mol. The summed E-state index contributed by atoms with van der Waals surface area (Å²) in [7, 11) is 1.26. The molecule has 2 aromatic carbocycles. The zero-order valence-corrected chi connectivity index (χ0v) is 11.0. The molecular weight excluding hydrogens is 285 g/mol. The molecule has 2 rings (SSSR count). The Morgan fingerprint density at radius 1 is 1.00 bits per heavy atom. The lowest BCUT2D eigenvalue weighted by atomic mass is 10.0. The van der Waals surface area contributed by atoms with Crippen molar-refractivity contribution in [1.29, 1.82) is 0 Å². The number of hydrogen-bond donors (Lipinski definition) is 0. The second-order valence-corrected chi connectivity index (χ2v) is 4.15. The summed E-state index contributed by atoms with van der Waals surface area (Å²) < 4.78 is 45.1. The van der Waals surface area contributed by atoms with Gasteiger partial charge in [-0.05, 0) is 35.4 Å². The van der Waals surface area contributed by atoms with Crippen molar-refractivity contribution in [3.63, 3.8) is 0 Å². The van der Waals surface area contributed by atoms with Crippen LogP contribution in [0.3, 0.4) is 0 Å². The summed E-state index contributed by atoms with van der Waals surface area (Å²) in [5.41, 5.74) is 1.41. The van der Waals surface area contributed by atoms with Crippen LogP contribution in [-0.4, -0.2) is 19.4 Å². The number of ether oxygens (including phenoxy) is 2. The second-order valence-electron chi connectivity index (χ2n) is 4.15. The number of rotatable bonds is 3. The van der Waals surface area contributed by atoms with Gasteiger partial charge in [-0.25, -0.2) is 4.79 Å². The summed E-state index contributed by atoms with van der Waals surface area (Å²) in [6, 6.07) is 11.9. The Bertz CT molecular complexity index is 651. The van der Waals surface area contributed by atoms with Gasteiger partial charge in [-0.1, -0.05) is 24.3 Å². The molecule has 0 aliphatic heterocycles. The summed E-state index contributed by atoms with van der Waals surface area (Å²) >= 11 is 0. The number of hydrogen-bond acceptors (Lipinski definition) is 3. The largest absolute Gasteiger partial charge is 0.573 e. The zero-order chi connectivity index (χ0) is 15.5. The van der Waals surface area contributed by atoms with Gasteiger partial charge in [0, 0.05) is 0 Å². The smallest absolute Gasteiger partial charge is 0.465 e. The van der Waals surface area contributed by atoms with E-state index in [0.29, 0.717) is 16.7 Å². The molecule has 0 radical (unpaired) electrons. The summed E-state index contributed by atoms with van der Waals surface area (Å²) in [6.45, 7) is 0. The van der Waals surface area contributed by atoms with Crippen molar-refractivity contribution in [2.24, 2.45) is 0 Å². The Kier molecular flexibility index (Phi) is 4.16. The van der Waals surface area contributed by atoms with E-state index in [4.69, 9.17) is 0 Å². The summed E-state index contributed by atoms with van der Waals surface area (Å²) in [4.78, 5) is 11.5. The minimum absolute atomic E-state index is 0.316. The Labute approximate surface area is 118 Å². The predicted octanol–water partition coefficient (Wildman–Crippen LogP) is 4.04. The maximum absolute atomic E-state index is 12.2. The lowest BCUT2D eigenvalue weighted by Crippen LogP contribution is -2.17. The van der Waals surface area contributed by atoms with Gasteiger partial charge in [-0.3, -0.25) is 0 Å². The zero-order valence-electron chi connectivity index (χ0n) is 11.0. The van der Waals surface area contributed by atoms with Crippen LogP contribution in [0.2, 0.25) is 0 Å². The Morgan fingerprint density at radius 2 is 1.62 bits per heavy atom. The highest BCUT2D eigenvalue weighted by atomic mass is 19.4. The summed E-state index contributed by atoms with van der Waals surface area (Å²) in [5, 5.41) is 0. The van der Waals surface area contributed by atoms with E-state index in [-0.39, 0.29) is 5.75 Å². The Morgan fingerprint density at radius 3 is 2.24 bits per heavy atom. The molecule has 0 N–H and O–H groups in total. The average molecular weight is 296 g/mol. The molecule has 0 unspecified atom stereocenters. The standard InChI is InChI=1S/C15H11F3O3/c1-20-14(19)12-6-2-4-10(8-12)11-5-3-7-13(9-11)21-15(16,17)18/h2-9H,1H3. The Balaban J connectivity index is 2.34. The van der Waals surface area contributed by atoms with E-state index in [1.165, 1.54) is 25.3 Å². The normalized spacial score (nSPS) is 11.0. The Hall–Kier alpha value is -2.50. The lowest BCUT2D eigenvalue weighted by Gasteiger charge is -2.10. The van der Waals surface area contributed by atoms with Crippen LogP contribution in [0, 0.1) is 0 Å². The van der Waals surface area contributed by atoms with Crippen LogP contribution in [-0.2, 0) is 4.74 Å². The van der Waals surface area contributed by atoms with Crippen LogP contribution in [0.5, 0.6) is 5.75 Å². The van der Waals surface area contributed by atoms with Gasteiger partial charge in [0.25, 0.3) is 0 Å². The topological polar surface area (TPSA) is 35.5 Å². The molecule has 110 valence electrons. The second kappa shape index (κ2) is 5.87. The van der Waals surface area contributed by atoms with Crippen LogP contribution < -0.4 is 4.74 Å². The van der Waals surface area contributed by atoms with Gasteiger partial charge in [0.2, 0.25) is 0 Å². The van der Waals surface area contributed by atoms with Crippen LogP contribution in [0.1, 0.15) is 10.4 Å². The highest BCUT2D eigenvalue weighted by Gasteiger charge is 2.31. The first kappa shape index (κ1) is 14.9. The van der Waals surface area contributed by atoms with E-state index in [0.717, 1.165) is 0 Å². The molecule has 0 bridgehead atoms. The third-order valence-electron chi connectivity index (χ3n) is 2.68. The number of benzene rings is 2. The van der Waals surface area contributed by atoms with Gasteiger partial charge >= 0.3 is 12.3 Å². The number of alkyl halides is 3. The molecule has 21 heavy (non-hydrogen) atoms. The van der Waals surface area contributed by atoms with Crippen molar-refractivity contribution in [3.05, 3.63) is 54.1 Å². The molecule has 0 heterocycles. The van der Waals surface area contributed by atoms with Crippen LogP contribution >= 0.6 is 0 Å². The number of esters is 1. The van der Waals surface area contributed by atoms with Crippen molar-refractivity contribution in [2.45, 2.75) is 6.36 Å². The molecule has 3 nitrogen and oxygen atoms in total. The fourth-order valence-electron chi connectivity index (χ4n) is 1.82. The quantitative estimate of drug-likeness (QED) is 0.802. The van der Waals surface area contributed by atoms with Crippen molar-refractivity contribution in [2.75, 3.05) is 7.11 Å². The van der Waals surface area contributed by atoms with E-state index >= 15 is 0 Å². The number of carbonyl (C=O) groups is 1. The first-order valence-electron chi connectivity index (χ1n) is 5.93. The summed E-state index contributed by atoms with van der Waals surface area (Å²) in [6.07, 6.45) is -4.74. The molecule has 0 aliphatic carbocycles. The molecule has 0 saturated carbocycles. The lowest BCUT2D eigenvalue weighted by molar-refractivity contribution is -0.274. The third kappa shape index (κ3) is 3.98. The fourth-order valence-corrected chi connectivity index (χ4v) is 1.82. The van der Waals surface area contributed by atoms with Crippen LogP contribution in [0.25, 0.3) is 11.1 Å². The van der Waals surface area contributed by atoms with E-state index in [2.05, 4.69) is 9.47 Å². The molecule has 0 aromatic heterocycles. The van der Waals surface area contributed by atoms with Gasteiger partial charge in [-0.15, -0.1) is 13.2 Å². The van der Waals surface area contributed by atoms with Gasteiger partial charge in [-0.2, -0.15) is 0 Å². The molecule has 0 amide bonds. The first-order valence-corrected chi connectivity index (χ1v) is 5.93. The van der Waals surface area contributed by atoms with E-state index in [1.807, 2.05) is 0 Å². The van der Waals surface area contributed by atoms with E-state index in [1.54, 1.807) is 30.3 Å². The number of methoxy groups -OCH3 is 1. The minimum Gasteiger partial charge on any atom is -0.465 e. The fraction of sp³-hybridized carbons (Fsp3) is 0.133. The highest BCUT2D eigenvalue weighted by Crippen LogP contribution is 2.28. The van der Waals surface area contributed by atoms with E-state index in [9.17, 15) is 18.0 Å². The first-order chi connectivity index (χ1) is 9.89. The molecule has 2 aromatic rings. The van der Waals surface area contributed by atoms with Gasteiger partial charge in [0.15, 0.2) is 0 Å². The van der Waals surface area contributed by atoms with Crippen LogP contribution in [0.15, 0.2) is 48.5 Å². The highest BCUT2D eigenvalue weighted by molar-refractivity contribution is 5.91. The molecule has 0 atom stereocenters. The average Bonchev–Trinajstić information content (AvgIpc) is 2.45. The molecule has 6 heteroatoms. The molecule has 0 saturated heterocycles. The molecule has 0 aliphatic rings. The van der Waals surface area contributed by atoms with Crippen molar-refractivity contribution in [1.82, 2.24) is 0 Å². The minimum atomic E-state index is -4.74. The van der Waals surface area contributed by atoms with Crippen molar-refractivity contribution < 1.29 is 27.4 Å². The van der Waals surface area contributed by atoms with Gasteiger partial charge in [0.05, 0.1) is 12.7 Å². The third-order valence-corrected chi connectivity index (χ3v) is 2.68. The molecular formula is C15H11F3O3. The maximum Gasteiger partial charge on any atom is 0.573 e. The van der Waals surface area contributed by atoms with Gasteiger partial charge in [0.1, 0.15) is 5.75 Å². The predicted molar refractivity (Wildman–Crippen MR) is 69.9 cm³/mol. The number of carbonyl (C=O) groups excluding carboxylic acids is 1. The SMILES string of the molecule is COC(=O)c1cccc(-c2cccc(OC(F)(F)F)c2)c1. The van der Waals surface area contributed by atoms with Gasteiger partial charge < -0.3 is 9.47 Å². The summed E-state index contributed by atoms with van der Waals surface area (Å²) in [5.74, 6) is -0.831. The van der Waals surface area contributed by atoms with E-state index < -0.39 is 12.3 Å². The number of halogens is 3. The van der Waals surface area contributed by atoms with Crippen molar-refractivity contribution in [3.8, 4) is 16.9 Å². The molecule has 0 fully saturated rings.